The van der Waals surface area contributed by atoms with E-state index in [1.54, 1.807) is 16.8 Å². The summed E-state index contributed by atoms with van der Waals surface area (Å²) < 4.78 is 20.7. The van der Waals surface area contributed by atoms with Gasteiger partial charge in [0.1, 0.15) is 11.6 Å². The molecule has 1 aliphatic carbocycles. The van der Waals surface area contributed by atoms with Crippen molar-refractivity contribution in [2.45, 2.75) is 31.2 Å². The van der Waals surface area contributed by atoms with E-state index in [1.165, 1.54) is 30.6 Å². The molecule has 0 bridgehead atoms. The van der Waals surface area contributed by atoms with E-state index in [1.807, 2.05) is 0 Å². The Morgan fingerprint density at radius 3 is 2.73 bits per heavy atom. The van der Waals surface area contributed by atoms with Gasteiger partial charge in [-0.3, -0.25) is 4.79 Å². The standard InChI is InChI=1S/C22H28FN7O2S/c1-32-17-10-14(23)2-3-15(17)16-11-26-19-30(16)28-20(33-19)29-8-6-21(12-24,7-9-29)18(31)27-13-22(25)4-5-22/h2-3,10-11H,4-9,12-13,24-25H2,1H3,(H,27,31). The average molecular weight is 474 g/mol. The normalized spacial score (nSPS) is 19.0. The van der Waals surface area contributed by atoms with E-state index in [-0.39, 0.29) is 17.3 Å². The molecule has 0 radical (unpaired) electrons. The molecule has 0 unspecified atom stereocenters. The number of ether oxygens (including phenoxy) is 1. The van der Waals surface area contributed by atoms with Gasteiger partial charge in [-0.2, -0.15) is 0 Å². The molecule has 3 aromatic rings. The number of piperidine rings is 1. The molecule has 2 aliphatic rings. The summed E-state index contributed by atoms with van der Waals surface area (Å²) in [5.41, 5.74) is 12.8. The number of hydrogen-bond acceptors (Lipinski definition) is 8. The number of nitrogens with one attached hydrogen (secondary N) is 1. The van der Waals surface area contributed by atoms with Gasteiger partial charge in [-0.25, -0.2) is 13.9 Å². The topological polar surface area (TPSA) is 124 Å². The van der Waals surface area contributed by atoms with Crippen molar-refractivity contribution in [3.05, 3.63) is 30.2 Å². The SMILES string of the molecule is COc1cc(F)ccc1-c1cnc2sc(N3CCC(CN)(C(=O)NCC4(N)CC4)CC3)nn12. The van der Waals surface area contributed by atoms with Gasteiger partial charge in [0.2, 0.25) is 16.0 Å². The van der Waals surface area contributed by atoms with Gasteiger partial charge < -0.3 is 26.4 Å². The number of fused-ring (bicyclic) bond motifs is 1. The van der Waals surface area contributed by atoms with E-state index < -0.39 is 5.41 Å². The third kappa shape index (κ3) is 4.04. The lowest BCUT2D eigenvalue weighted by Gasteiger charge is -2.39. The summed E-state index contributed by atoms with van der Waals surface area (Å²) >= 11 is 1.48. The lowest BCUT2D eigenvalue weighted by Crippen LogP contribution is -2.54. The molecule has 3 heterocycles. The van der Waals surface area contributed by atoms with Crippen LogP contribution in [0.15, 0.2) is 24.4 Å². The Morgan fingerprint density at radius 2 is 2.06 bits per heavy atom. The second-order valence-electron chi connectivity index (χ2n) is 9.08. The van der Waals surface area contributed by atoms with Crippen LogP contribution < -0.4 is 26.4 Å². The fourth-order valence-corrected chi connectivity index (χ4v) is 5.23. The maximum atomic E-state index is 13.6. The smallest absolute Gasteiger partial charge is 0.227 e. The van der Waals surface area contributed by atoms with Crippen LogP contribution in [0, 0.1) is 11.2 Å². The molecule has 1 amide bonds. The molecule has 176 valence electrons. The van der Waals surface area contributed by atoms with Crippen molar-refractivity contribution in [2.75, 3.05) is 38.2 Å². The van der Waals surface area contributed by atoms with E-state index in [0.29, 0.717) is 50.3 Å². The first-order valence-corrected chi connectivity index (χ1v) is 11.9. The van der Waals surface area contributed by atoms with E-state index in [9.17, 15) is 9.18 Å². The van der Waals surface area contributed by atoms with Gasteiger partial charge in [0.05, 0.1) is 24.4 Å². The Balaban J connectivity index is 1.32. The molecule has 2 fully saturated rings. The Bertz CT molecular complexity index is 1180. The number of aromatic nitrogens is 3. The van der Waals surface area contributed by atoms with Gasteiger partial charge in [-0.05, 0) is 37.8 Å². The molecule has 1 saturated heterocycles. The summed E-state index contributed by atoms with van der Waals surface area (Å²) in [4.78, 5) is 20.3. The number of benzene rings is 1. The van der Waals surface area contributed by atoms with Crippen molar-refractivity contribution in [3.63, 3.8) is 0 Å². The highest BCUT2D eigenvalue weighted by atomic mass is 32.1. The van der Waals surface area contributed by atoms with Gasteiger partial charge >= 0.3 is 0 Å². The van der Waals surface area contributed by atoms with Crippen molar-refractivity contribution in [1.29, 1.82) is 0 Å². The number of imidazole rings is 1. The zero-order valence-electron chi connectivity index (χ0n) is 18.5. The van der Waals surface area contributed by atoms with Crippen molar-refractivity contribution < 1.29 is 13.9 Å². The number of hydrogen-bond donors (Lipinski definition) is 3. The first-order chi connectivity index (χ1) is 15.9. The molecule has 1 aliphatic heterocycles. The van der Waals surface area contributed by atoms with Crippen LogP contribution in [0.4, 0.5) is 9.52 Å². The highest BCUT2D eigenvalue weighted by Crippen LogP contribution is 2.37. The number of halogens is 1. The molecule has 5 N–H and O–H groups in total. The van der Waals surface area contributed by atoms with Crippen LogP contribution in [0.5, 0.6) is 5.75 Å². The van der Waals surface area contributed by atoms with Crippen LogP contribution in [-0.2, 0) is 4.79 Å². The van der Waals surface area contributed by atoms with Crippen LogP contribution >= 0.6 is 11.3 Å². The number of nitrogens with zero attached hydrogens (tertiary/aromatic N) is 4. The lowest BCUT2D eigenvalue weighted by molar-refractivity contribution is -0.131. The Morgan fingerprint density at radius 1 is 1.30 bits per heavy atom. The minimum Gasteiger partial charge on any atom is -0.496 e. The van der Waals surface area contributed by atoms with Crippen molar-refractivity contribution >= 4 is 27.3 Å². The summed E-state index contributed by atoms with van der Waals surface area (Å²) in [7, 11) is 1.51. The molecular weight excluding hydrogens is 445 g/mol. The monoisotopic (exact) mass is 473 g/mol. The number of carbonyl (C=O) groups excluding carboxylic acids is 1. The van der Waals surface area contributed by atoms with Gasteiger partial charge in [0.25, 0.3) is 0 Å². The van der Waals surface area contributed by atoms with Crippen LogP contribution in [0.1, 0.15) is 25.7 Å². The quantitative estimate of drug-likeness (QED) is 0.478. The van der Waals surface area contributed by atoms with Gasteiger partial charge in [-0.1, -0.05) is 11.3 Å². The molecule has 1 aromatic carbocycles. The van der Waals surface area contributed by atoms with Crippen LogP contribution in [0.2, 0.25) is 0 Å². The lowest BCUT2D eigenvalue weighted by atomic mass is 9.77. The molecule has 1 saturated carbocycles. The van der Waals surface area contributed by atoms with E-state index in [4.69, 9.17) is 21.3 Å². The summed E-state index contributed by atoms with van der Waals surface area (Å²) in [5, 5.41) is 8.62. The molecule has 5 rings (SSSR count). The van der Waals surface area contributed by atoms with Crippen LogP contribution in [-0.4, -0.2) is 59.3 Å². The molecule has 0 atom stereocenters. The Kier molecular flexibility index (Phi) is 5.50. The number of carbonyl (C=O) groups is 1. The first kappa shape index (κ1) is 22.1. The number of nitrogens with two attached hydrogens (primary N) is 2. The highest BCUT2D eigenvalue weighted by Gasteiger charge is 2.43. The van der Waals surface area contributed by atoms with Crippen LogP contribution in [0.25, 0.3) is 16.2 Å². The largest absolute Gasteiger partial charge is 0.496 e. The van der Waals surface area contributed by atoms with Crippen LogP contribution in [0.3, 0.4) is 0 Å². The summed E-state index contributed by atoms with van der Waals surface area (Å²) in [6.07, 6.45) is 4.91. The van der Waals surface area contributed by atoms with Gasteiger partial charge in [0.15, 0.2) is 0 Å². The summed E-state index contributed by atoms with van der Waals surface area (Å²) in [6, 6.07) is 4.40. The van der Waals surface area contributed by atoms with Crippen molar-refractivity contribution in [1.82, 2.24) is 19.9 Å². The zero-order chi connectivity index (χ0) is 23.2. The fourth-order valence-electron chi connectivity index (χ4n) is 4.30. The zero-order valence-corrected chi connectivity index (χ0v) is 19.3. The van der Waals surface area contributed by atoms with Crippen molar-refractivity contribution in [2.24, 2.45) is 16.9 Å². The maximum Gasteiger partial charge on any atom is 0.227 e. The van der Waals surface area contributed by atoms with E-state index in [2.05, 4.69) is 15.2 Å². The van der Waals surface area contributed by atoms with Gasteiger partial charge in [-0.15, -0.1) is 5.10 Å². The summed E-state index contributed by atoms with van der Waals surface area (Å²) in [6.45, 7) is 2.16. The molecule has 9 nitrogen and oxygen atoms in total. The van der Waals surface area contributed by atoms with E-state index in [0.717, 1.165) is 28.6 Å². The summed E-state index contributed by atoms with van der Waals surface area (Å²) in [5.74, 6) is 0.0596. The number of methoxy groups -OCH3 is 1. The molecule has 33 heavy (non-hydrogen) atoms. The predicted octanol–water partition coefficient (Wildman–Crippen LogP) is 1.76. The second kappa shape index (κ2) is 8.23. The molecule has 0 spiro atoms. The Labute approximate surface area is 194 Å². The molecule has 2 aromatic heterocycles. The first-order valence-electron chi connectivity index (χ1n) is 11.1. The number of anilines is 1. The fraction of sp³-hybridized carbons (Fsp3) is 0.500. The number of amides is 1. The maximum absolute atomic E-state index is 13.6. The second-order valence-corrected chi connectivity index (χ2v) is 10.0. The minimum atomic E-state index is -0.578. The molecular formula is C22H28FN7O2S. The predicted molar refractivity (Wildman–Crippen MR) is 125 cm³/mol. The highest BCUT2D eigenvalue weighted by molar-refractivity contribution is 7.20. The van der Waals surface area contributed by atoms with Gasteiger partial charge in [0, 0.05) is 43.3 Å². The third-order valence-electron chi connectivity index (χ3n) is 6.87. The number of rotatable bonds is 7. The Hall–Kier alpha value is -2.76. The van der Waals surface area contributed by atoms with E-state index >= 15 is 0 Å². The molecule has 11 heteroatoms. The third-order valence-corrected chi connectivity index (χ3v) is 7.85. The average Bonchev–Trinajstić information content (AvgIpc) is 3.23. The van der Waals surface area contributed by atoms with Crippen molar-refractivity contribution in [3.8, 4) is 17.0 Å². The minimum absolute atomic E-state index is 0.000933.